The first kappa shape index (κ1) is 15.8. The van der Waals surface area contributed by atoms with Crippen LogP contribution in [0.5, 0.6) is 0 Å². The number of alkyl halides is 3. The fourth-order valence-electron chi connectivity index (χ4n) is 2.03. The van der Waals surface area contributed by atoms with E-state index in [1.54, 1.807) is 0 Å². The summed E-state index contributed by atoms with van der Waals surface area (Å²) < 4.78 is 37.2. The van der Waals surface area contributed by atoms with Gasteiger partial charge in [-0.3, -0.25) is 0 Å². The van der Waals surface area contributed by atoms with Gasteiger partial charge < -0.3 is 11.1 Å². The summed E-state index contributed by atoms with van der Waals surface area (Å²) in [4.78, 5) is 0. The average molecular weight is 274 g/mol. The molecule has 0 saturated carbocycles. The lowest BCUT2D eigenvalue weighted by Gasteiger charge is -2.17. The Bertz CT molecular complexity index is 354. The van der Waals surface area contributed by atoms with E-state index in [0.717, 1.165) is 37.9 Å². The van der Waals surface area contributed by atoms with Crippen molar-refractivity contribution in [3.8, 4) is 0 Å². The molecule has 108 valence electrons. The molecule has 1 unspecified atom stereocenters. The molecule has 0 aliphatic heterocycles. The van der Waals surface area contributed by atoms with Crippen molar-refractivity contribution in [3.63, 3.8) is 0 Å². The van der Waals surface area contributed by atoms with Gasteiger partial charge >= 0.3 is 6.18 Å². The van der Waals surface area contributed by atoms with Crippen molar-refractivity contribution in [3.05, 3.63) is 29.8 Å². The van der Waals surface area contributed by atoms with Gasteiger partial charge in [0.2, 0.25) is 0 Å². The standard InChI is InChI=1S/C14H21F3N2/c1-2-3-11(8-9-18)10-19-13-6-4-12(5-7-13)14(15,16)17/h4-7,11,19H,2-3,8-10,18H2,1H3. The van der Waals surface area contributed by atoms with Gasteiger partial charge in [-0.2, -0.15) is 13.2 Å². The Hall–Kier alpha value is -1.23. The highest BCUT2D eigenvalue weighted by Crippen LogP contribution is 2.29. The molecule has 2 nitrogen and oxygen atoms in total. The number of nitrogens with one attached hydrogen (secondary N) is 1. The molecule has 0 aliphatic rings. The van der Waals surface area contributed by atoms with Crippen molar-refractivity contribution in [1.29, 1.82) is 0 Å². The minimum atomic E-state index is -4.27. The number of nitrogens with two attached hydrogens (primary N) is 1. The van der Waals surface area contributed by atoms with Gasteiger partial charge in [0.05, 0.1) is 5.56 Å². The Labute approximate surface area is 112 Å². The summed E-state index contributed by atoms with van der Waals surface area (Å²) in [5.41, 5.74) is 5.64. The first-order valence-corrected chi connectivity index (χ1v) is 6.58. The zero-order chi connectivity index (χ0) is 14.3. The number of benzene rings is 1. The SMILES string of the molecule is CCCC(CCN)CNc1ccc(C(F)(F)F)cc1. The van der Waals surface area contributed by atoms with Gasteiger partial charge in [0.15, 0.2) is 0 Å². The summed E-state index contributed by atoms with van der Waals surface area (Å²) in [6, 6.07) is 5.13. The molecular formula is C14H21F3N2. The van der Waals surface area contributed by atoms with E-state index in [1.807, 2.05) is 0 Å². The highest BCUT2D eigenvalue weighted by Gasteiger charge is 2.29. The summed E-state index contributed by atoms with van der Waals surface area (Å²) in [5.74, 6) is 0.470. The van der Waals surface area contributed by atoms with Crippen LogP contribution in [-0.4, -0.2) is 13.1 Å². The molecule has 0 aromatic heterocycles. The summed E-state index contributed by atoms with van der Waals surface area (Å²) in [7, 11) is 0. The van der Waals surface area contributed by atoms with Crippen LogP contribution in [0.15, 0.2) is 24.3 Å². The second-order valence-corrected chi connectivity index (χ2v) is 4.69. The topological polar surface area (TPSA) is 38.0 Å². The molecule has 0 aliphatic carbocycles. The fraction of sp³-hybridized carbons (Fsp3) is 0.571. The predicted octanol–water partition coefficient (Wildman–Crippen LogP) is 3.88. The second-order valence-electron chi connectivity index (χ2n) is 4.69. The molecule has 1 rings (SSSR count). The molecule has 0 amide bonds. The Morgan fingerprint density at radius 3 is 2.26 bits per heavy atom. The second kappa shape index (κ2) is 7.38. The third-order valence-electron chi connectivity index (χ3n) is 3.08. The lowest BCUT2D eigenvalue weighted by atomic mass is 10.00. The minimum Gasteiger partial charge on any atom is -0.385 e. The van der Waals surface area contributed by atoms with Crippen LogP contribution in [0.3, 0.4) is 0 Å². The molecule has 0 radical (unpaired) electrons. The van der Waals surface area contributed by atoms with E-state index in [9.17, 15) is 13.2 Å². The van der Waals surface area contributed by atoms with Crippen molar-refractivity contribution in [1.82, 2.24) is 0 Å². The maximum atomic E-state index is 12.4. The van der Waals surface area contributed by atoms with E-state index in [2.05, 4.69) is 12.2 Å². The Kier molecular flexibility index (Phi) is 6.15. The number of halogens is 3. The Morgan fingerprint density at radius 1 is 1.16 bits per heavy atom. The van der Waals surface area contributed by atoms with Gasteiger partial charge in [-0.15, -0.1) is 0 Å². The van der Waals surface area contributed by atoms with Gasteiger partial charge in [-0.1, -0.05) is 13.3 Å². The Balaban J connectivity index is 2.53. The third kappa shape index (κ3) is 5.51. The number of hydrogen-bond acceptors (Lipinski definition) is 2. The summed E-state index contributed by atoms with van der Waals surface area (Å²) >= 11 is 0. The van der Waals surface area contributed by atoms with Crippen LogP contribution in [0.25, 0.3) is 0 Å². The monoisotopic (exact) mass is 274 g/mol. The fourth-order valence-corrected chi connectivity index (χ4v) is 2.03. The normalized spacial score (nSPS) is 13.3. The number of rotatable bonds is 7. The van der Waals surface area contributed by atoms with E-state index in [0.29, 0.717) is 18.2 Å². The predicted molar refractivity (Wildman–Crippen MR) is 72.0 cm³/mol. The molecular weight excluding hydrogens is 253 g/mol. The Morgan fingerprint density at radius 2 is 1.79 bits per heavy atom. The summed E-state index contributed by atoms with van der Waals surface area (Å²) in [5, 5.41) is 3.17. The van der Waals surface area contributed by atoms with Crippen molar-refractivity contribution in [2.45, 2.75) is 32.4 Å². The minimum absolute atomic E-state index is 0.470. The smallest absolute Gasteiger partial charge is 0.385 e. The van der Waals surface area contributed by atoms with Gasteiger partial charge in [0, 0.05) is 12.2 Å². The summed E-state index contributed by atoms with van der Waals surface area (Å²) in [6.45, 7) is 3.50. The molecule has 19 heavy (non-hydrogen) atoms. The van der Waals surface area contributed by atoms with Crippen molar-refractivity contribution in [2.75, 3.05) is 18.4 Å². The van der Waals surface area contributed by atoms with E-state index in [-0.39, 0.29) is 0 Å². The van der Waals surface area contributed by atoms with E-state index >= 15 is 0 Å². The maximum absolute atomic E-state index is 12.4. The van der Waals surface area contributed by atoms with Gasteiger partial charge in [-0.25, -0.2) is 0 Å². The van der Waals surface area contributed by atoms with Crippen molar-refractivity contribution < 1.29 is 13.2 Å². The van der Waals surface area contributed by atoms with Crippen LogP contribution in [-0.2, 0) is 6.18 Å². The largest absolute Gasteiger partial charge is 0.416 e. The molecule has 1 atom stereocenters. The molecule has 1 aromatic rings. The number of hydrogen-bond donors (Lipinski definition) is 2. The van der Waals surface area contributed by atoms with Crippen LogP contribution < -0.4 is 11.1 Å². The maximum Gasteiger partial charge on any atom is 0.416 e. The molecule has 0 spiro atoms. The van der Waals surface area contributed by atoms with Crippen molar-refractivity contribution >= 4 is 5.69 Å². The van der Waals surface area contributed by atoms with Crippen LogP contribution >= 0.6 is 0 Å². The van der Waals surface area contributed by atoms with Crippen LogP contribution in [0.1, 0.15) is 31.7 Å². The van der Waals surface area contributed by atoms with Crippen LogP contribution in [0.2, 0.25) is 0 Å². The van der Waals surface area contributed by atoms with Gasteiger partial charge in [0.1, 0.15) is 0 Å². The zero-order valence-corrected chi connectivity index (χ0v) is 11.1. The highest BCUT2D eigenvalue weighted by molar-refractivity contribution is 5.45. The molecule has 0 saturated heterocycles. The molecule has 0 fully saturated rings. The van der Waals surface area contributed by atoms with Crippen LogP contribution in [0, 0.1) is 5.92 Å². The van der Waals surface area contributed by atoms with E-state index in [4.69, 9.17) is 5.73 Å². The lowest BCUT2D eigenvalue weighted by Crippen LogP contribution is -2.18. The molecule has 0 heterocycles. The number of anilines is 1. The quantitative estimate of drug-likeness (QED) is 0.791. The van der Waals surface area contributed by atoms with Crippen molar-refractivity contribution in [2.24, 2.45) is 11.7 Å². The zero-order valence-electron chi connectivity index (χ0n) is 11.1. The molecule has 5 heteroatoms. The van der Waals surface area contributed by atoms with E-state index in [1.165, 1.54) is 12.1 Å². The first-order valence-electron chi connectivity index (χ1n) is 6.58. The van der Waals surface area contributed by atoms with Crippen LogP contribution in [0.4, 0.5) is 18.9 Å². The summed E-state index contributed by atoms with van der Waals surface area (Å²) in [6.07, 6.45) is -1.19. The molecule has 3 N–H and O–H groups in total. The first-order chi connectivity index (χ1) is 8.97. The molecule has 0 bridgehead atoms. The third-order valence-corrected chi connectivity index (χ3v) is 3.08. The van der Waals surface area contributed by atoms with Gasteiger partial charge in [-0.05, 0) is 49.6 Å². The van der Waals surface area contributed by atoms with E-state index < -0.39 is 11.7 Å². The lowest BCUT2D eigenvalue weighted by molar-refractivity contribution is -0.137. The average Bonchev–Trinajstić information content (AvgIpc) is 2.36. The highest BCUT2D eigenvalue weighted by atomic mass is 19.4. The van der Waals surface area contributed by atoms with Gasteiger partial charge in [0.25, 0.3) is 0 Å². The molecule has 1 aromatic carbocycles.